The average molecular weight is 236 g/mol. The van der Waals surface area contributed by atoms with Crippen molar-refractivity contribution in [2.24, 2.45) is 0 Å². The smallest absolute Gasteiger partial charge is 0.123 e. The molecule has 0 aromatic heterocycles. The summed E-state index contributed by atoms with van der Waals surface area (Å²) in [4.78, 5) is 2.15. The molecule has 0 unspecified atom stereocenters. The summed E-state index contributed by atoms with van der Waals surface area (Å²) in [6.45, 7) is 6.12. The van der Waals surface area contributed by atoms with E-state index in [0.29, 0.717) is 6.04 Å². The van der Waals surface area contributed by atoms with Gasteiger partial charge in [-0.1, -0.05) is 19.9 Å². The first-order chi connectivity index (χ1) is 8.02. The second-order valence-electron chi connectivity index (χ2n) is 4.92. The van der Waals surface area contributed by atoms with Gasteiger partial charge in [0.25, 0.3) is 0 Å². The van der Waals surface area contributed by atoms with E-state index in [1.807, 2.05) is 0 Å². The molecule has 0 heterocycles. The predicted molar refractivity (Wildman–Crippen MR) is 72.4 cm³/mol. The Morgan fingerprint density at radius 1 is 1.29 bits per heavy atom. The fourth-order valence-corrected chi connectivity index (χ4v) is 1.73. The Kier molecular flexibility index (Phi) is 5.45. The molecular weight excluding hydrogens is 212 g/mol. The van der Waals surface area contributed by atoms with E-state index in [1.165, 1.54) is 11.1 Å². The Morgan fingerprint density at radius 3 is 2.53 bits per heavy atom. The molecule has 96 valence electrons. The summed E-state index contributed by atoms with van der Waals surface area (Å²) in [7, 11) is 5.86. The molecule has 0 bridgehead atoms. The van der Waals surface area contributed by atoms with E-state index in [0.717, 1.165) is 18.8 Å². The number of benzene rings is 1. The Morgan fingerprint density at radius 2 is 2.00 bits per heavy atom. The lowest BCUT2D eigenvalue weighted by molar-refractivity contribution is 0.371. The summed E-state index contributed by atoms with van der Waals surface area (Å²) < 4.78 is 5.38. The van der Waals surface area contributed by atoms with Gasteiger partial charge in [0.1, 0.15) is 5.75 Å². The highest BCUT2D eigenvalue weighted by atomic mass is 16.5. The minimum atomic E-state index is 0.509. The molecule has 0 amide bonds. The van der Waals surface area contributed by atoms with Crippen LogP contribution in [0.5, 0.6) is 5.75 Å². The van der Waals surface area contributed by atoms with Gasteiger partial charge < -0.3 is 15.0 Å². The molecule has 0 spiro atoms. The number of nitrogens with one attached hydrogen (secondary N) is 1. The van der Waals surface area contributed by atoms with Crippen LogP contribution in [0, 0.1) is 0 Å². The van der Waals surface area contributed by atoms with Crippen molar-refractivity contribution in [2.45, 2.75) is 33.0 Å². The summed E-state index contributed by atoms with van der Waals surface area (Å²) in [5.74, 6) is 0.965. The molecule has 0 radical (unpaired) electrons. The van der Waals surface area contributed by atoms with Crippen molar-refractivity contribution in [1.29, 1.82) is 0 Å². The van der Waals surface area contributed by atoms with Gasteiger partial charge in [-0.25, -0.2) is 0 Å². The monoisotopic (exact) mass is 236 g/mol. The number of methoxy groups -OCH3 is 1. The van der Waals surface area contributed by atoms with Crippen LogP contribution in [0.3, 0.4) is 0 Å². The summed E-state index contributed by atoms with van der Waals surface area (Å²) in [6.07, 6.45) is 0. The zero-order valence-electron chi connectivity index (χ0n) is 11.6. The first kappa shape index (κ1) is 14.0. The van der Waals surface area contributed by atoms with Crippen molar-refractivity contribution in [3.05, 3.63) is 29.3 Å². The lowest BCUT2D eigenvalue weighted by atomic mass is 10.1. The Balaban J connectivity index is 2.80. The van der Waals surface area contributed by atoms with Gasteiger partial charge in [0.05, 0.1) is 7.11 Å². The predicted octanol–water partition coefficient (Wildman–Crippen LogP) is 2.25. The second-order valence-corrected chi connectivity index (χ2v) is 4.92. The molecule has 0 fully saturated rings. The highest BCUT2D eigenvalue weighted by Gasteiger charge is 2.06. The zero-order valence-corrected chi connectivity index (χ0v) is 11.6. The summed E-state index contributed by atoms with van der Waals surface area (Å²) in [5, 5.41) is 3.43. The average Bonchev–Trinajstić information content (AvgIpc) is 2.25. The highest BCUT2D eigenvalue weighted by Crippen LogP contribution is 2.21. The minimum absolute atomic E-state index is 0.509. The van der Waals surface area contributed by atoms with Crippen LogP contribution >= 0.6 is 0 Å². The molecular formula is C14H24N2O. The van der Waals surface area contributed by atoms with Crippen LogP contribution in [0.1, 0.15) is 25.0 Å². The van der Waals surface area contributed by atoms with E-state index in [9.17, 15) is 0 Å². The number of hydrogen-bond acceptors (Lipinski definition) is 3. The molecule has 1 N–H and O–H groups in total. The third kappa shape index (κ3) is 4.75. The normalized spacial score (nSPS) is 11.2. The molecule has 0 aliphatic heterocycles. The van der Waals surface area contributed by atoms with E-state index < -0.39 is 0 Å². The van der Waals surface area contributed by atoms with Crippen LogP contribution in [-0.4, -0.2) is 32.1 Å². The van der Waals surface area contributed by atoms with Crippen molar-refractivity contribution in [3.8, 4) is 5.75 Å². The van der Waals surface area contributed by atoms with Gasteiger partial charge in [0, 0.05) is 24.7 Å². The van der Waals surface area contributed by atoms with Crippen molar-refractivity contribution in [3.63, 3.8) is 0 Å². The van der Waals surface area contributed by atoms with E-state index in [1.54, 1.807) is 7.11 Å². The molecule has 3 nitrogen and oxygen atoms in total. The van der Waals surface area contributed by atoms with Crippen LogP contribution in [-0.2, 0) is 13.1 Å². The molecule has 0 aliphatic carbocycles. The maximum absolute atomic E-state index is 5.38. The van der Waals surface area contributed by atoms with E-state index in [-0.39, 0.29) is 0 Å². The first-order valence-electron chi connectivity index (χ1n) is 6.07. The lowest BCUT2D eigenvalue weighted by Crippen LogP contribution is -2.22. The van der Waals surface area contributed by atoms with Crippen LogP contribution in [0.2, 0.25) is 0 Å². The van der Waals surface area contributed by atoms with Gasteiger partial charge in [-0.15, -0.1) is 0 Å². The molecule has 1 aromatic rings. The minimum Gasteiger partial charge on any atom is -0.496 e. The van der Waals surface area contributed by atoms with E-state index in [2.05, 4.69) is 56.4 Å². The van der Waals surface area contributed by atoms with Crippen molar-refractivity contribution < 1.29 is 4.74 Å². The topological polar surface area (TPSA) is 24.5 Å². The number of rotatable bonds is 6. The quantitative estimate of drug-likeness (QED) is 0.820. The maximum atomic E-state index is 5.38. The van der Waals surface area contributed by atoms with Gasteiger partial charge in [-0.05, 0) is 31.8 Å². The number of nitrogens with zero attached hydrogens (tertiary/aromatic N) is 1. The molecule has 3 heteroatoms. The highest BCUT2D eigenvalue weighted by molar-refractivity contribution is 5.37. The molecule has 17 heavy (non-hydrogen) atoms. The first-order valence-corrected chi connectivity index (χ1v) is 6.07. The summed E-state index contributed by atoms with van der Waals surface area (Å²) in [5.41, 5.74) is 2.54. The van der Waals surface area contributed by atoms with Crippen molar-refractivity contribution >= 4 is 0 Å². The SMILES string of the molecule is COc1ccc(CNC(C)C)cc1CN(C)C. The van der Waals surface area contributed by atoms with E-state index in [4.69, 9.17) is 4.74 Å². The lowest BCUT2D eigenvalue weighted by Gasteiger charge is -2.15. The molecule has 0 aliphatic rings. The Hall–Kier alpha value is -1.06. The summed E-state index contributed by atoms with van der Waals surface area (Å²) >= 11 is 0. The third-order valence-electron chi connectivity index (χ3n) is 2.55. The van der Waals surface area contributed by atoms with Gasteiger partial charge in [-0.3, -0.25) is 0 Å². The van der Waals surface area contributed by atoms with Crippen LogP contribution in [0.15, 0.2) is 18.2 Å². The largest absolute Gasteiger partial charge is 0.496 e. The van der Waals surface area contributed by atoms with Gasteiger partial charge in [-0.2, -0.15) is 0 Å². The van der Waals surface area contributed by atoms with Crippen LogP contribution in [0.25, 0.3) is 0 Å². The molecule has 0 saturated heterocycles. The molecule has 0 atom stereocenters. The van der Waals surface area contributed by atoms with E-state index >= 15 is 0 Å². The summed E-state index contributed by atoms with van der Waals surface area (Å²) in [6, 6.07) is 6.90. The van der Waals surface area contributed by atoms with Crippen molar-refractivity contribution in [1.82, 2.24) is 10.2 Å². The standard InChI is InChI=1S/C14H24N2O/c1-11(2)15-9-12-6-7-14(17-5)13(8-12)10-16(3)4/h6-8,11,15H,9-10H2,1-5H3. The van der Waals surface area contributed by atoms with Gasteiger partial charge in [0.15, 0.2) is 0 Å². The molecule has 1 rings (SSSR count). The number of ether oxygens (including phenoxy) is 1. The number of hydrogen-bond donors (Lipinski definition) is 1. The Bertz CT molecular complexity index is 348. The van der Waals surface area contributed by atoms with Gasteiger partial charge in [0.2, 0.25) is 0 Å². The maximum Gasteiger partial charge on any atom is 0.123 e. The molecule has 1 aromatic carbocycles. The van der Waals surface area contributed by atoms with Crippen LogP contribution in [0.4, 0.5) is 0 Å². The zero-order chi connectivity index (χ0) is 12.8. The Labute approximate surface area is 105 Å². The fraction of sp³-hybridized carbons (Fsp3) is 0.571. The van der Waals surface area contributed by atoms with Crippen molar-refractivity contribution in [2.75, 3.05) is 21.2 Å². The molecule has 0 saturated carbocycles. The van der Waals surface area contributed by atoms with Crippen LogP contribution < -0.4 is 10.1 Å². The third-order valence-corrected chi connectivity index (χ3v) is 2.55. The second kappa shape index (κ2) is 6.62. The fourth-order valence-electron chi connectivity index (χ4n) is 1.73. The van der Waals surface area contributed by atoms with Gasteiger partial charge >= 0.3 is 0 Å².